The second kappa shape index (κ2) is 3.90. The predicted molar refractivity (Wildman–Crippen MR) is 53.6 cm³/mol. The van der Waals surface area contributed by atoms with E-state index in [1.54, 1.807) is 24.3 Å². The number of alkyl halides is 1. The van der Waals surface area contributed by atoms with Gasteiger partial charge in [0.1, 0.15) is 0 Å². The number of ether oxygens (including phenoxy) is 2. The van der Waals surface area contributed by atoms with Crippen LogP contribution in [0.2, 0.25) is 5.02 Å². The van der Waals surface area contributed by atoms with E-state index < -0.39 is 17.9 Å². The minimum Gasteiger partial charge on any atom is -0.426 e. The highest BCUT2D eigenvalue weighted by Gasteiger charge is 2.44. The van der Waals surface area contributed by atoms with Gasteiger partial charge in [-0.3, -0.25) is 0 Å². The molecule has 0 amide bonds. The standard InChI is InChI=1S/C9H6ClFO3S/c10-6-1-3-7(4-2-6)15-9(11)5-13-8(12)14-9/h1-4H,5H2. The van der Waals surface area contributed by atoms with Crippen LogP contribution in [0.5, 0.6) is 0 Å². The summed E-state index contributed by atoms with van der Waals surface area (Å²) in [5.41, 5.74) is 0. The Bertz CT molecular complexity index is 383. The van der Waals surface area contributed by atoms with Gasteiger partial charge in [0, 0.05) is 9.92 Å². The Labute approximate surface area is 94.5 Å². The van der Waals surface area contributed by atoms with Crippen LogP contribution in [0.25, 0.3) is 0 Å². The highest BCUT2D eigenvalue weighted by atomic mass is 35.5. The first-order chi connectivity index (χ1) is 7.07. The van der Waals surface area contributed by atoms with E-state index in [2.05, 4.69) is 9.47 Å². The molecule has 1 aliphatic heterocycles. The number of carbonyl (C=O) groups excluding carboxylic acids is 1. The molecule has 0 bridgehead atoms. The van der Waals surface area contributed by atoms with Crippen LogP contribution >= 0.6 is 23.4 Å². The van der Waals surface area contributed by atoms with Crippen molar-refractivity contribution in [1.29, 1.82) is 0 Å². The molecule has 1 aromatic rings. The highest BCUT2D eigenvalue weighted by molar-refractivity contribution is 8.00. The third-order valence-corrected chi connectivity index (χ3v) is 2.95. The van der Waals surface area contributed by atoms with Gasteiger partial charge in [-0.25, -0.2) is 4.79 Å². The third kappa shape index (κ3) is 2.54. The molecular weight excluding hydrogens is 243 g/mol. The summed E-state index contributed by atoms with van der Waals surface area (Å²) in [6.45, 7) is -0.404. The monoisotopic (exact) mass is 248 g/mol. The van der Waals surface area contributed by atoms with E-state index in [0.717, 1.165) is 11.8 Å². The fourth-order valence-corrected chi connectivity index (χ4v) is 2.04. The van der Waals surface area contributed by atoms with E-state index in [1.807, 2.05) is 0 Å². The van der Waals surface area contributed by atoms with Crippen molar-refractivity contribution in [3.05, 3.63) is 29.3 Å². The molecule has 0 aliphatic carbocycles. The van der Waals surface area contributed by atoms with Gasteiger partial charge in [0.2, 0.25) is 0 Å². The maximum absolute atomic E-state index is 13.7. The van der Waals surface area contributed by atoms with Crippen LogP contribution in [-0.4, -0.2) is 17.9 Å². The van der Waals surface area contributed by atoms with Crippen molar-refractivity contribution in [3.63, 3.8) is 0 Å². The molecule has 0 spiro atoms. The zero-order chi connectivity index (χ0) is 10.9. The van der Waals surface area contributed by atoms with Crippen molar-refractivity contribution in [2.45, 2.75) is 10.1 Å². The van der Waals surface area contributed by atoms with E-state index in [1.165, 1.54) is 0 Å². The molecule has 15 heavy (non-hydrogen) atoms. The summed E-state index contributed by atoms with van der Waals surface area (Å²) in [7, 11) is 0. The first-order valence-corrected chi connectivity index (χ1v) is 5.26. The summed E-state index contributed by atoms with van der Waals surface area (Å²) in [6.07, 6.45) is -0.987. The average Bonchev–Trinajstić information content (AvgIpc) is 2.50. The molecule has 1 atom stereocenters. The van der Waals surface area contributed by atoms with Gasteiger partial charge in [0.15, 0.2) is 6.61 Å². The molecule has 1 unspecified atom stereocenters. The molecule has 1 heterocycles. The van der Waals surface area contributed by atoms with E-state index in [9.17, 15) is 9.18 Å². The van der Waals surface area contributed by atoms with Gasteiger partial charge in [-0.1, -0.05) is 11.6 Å². The van der Waals surface area contributed by atoms with Crippen molar-refractivity contribution < 1.29 is 18.7 Å². The molecular formula is C9H6ClFO3S. The van der Waals surface area contributed by atoms with Gasteiger partial charge < -0.3 is 9.47 Å². The maximum Gasteiger partial charge on any atom is 0.512 e. The minimum atomic E-state index is -2.13. The normalized spacial score (nSPS) is 24.8. The largest absolute Gasteiger partial charge is 0.512 e. The smallest absolute Gasteiger partial charge is 0.426 e. The van der Waals surface area contributed by atoms with Gasteiger partial charge >= 0.3 is 11.3 Å². The average molecular weight is 249 g/mol. The van der Waals surface area contributed by atoms with Crippen LogP contribution < -0.4 is 0 Å². The Kier molecular flexibility index (Phi) is 2.75. The number of hydrogen-bond acceptors (Lipinski definition) is 4. The molecule has 0 aromatic heterocycles. The number of rotatable bonds is 2. The van der Waals surface area contributed by atoms with Crippen LogP contribution in [0.4, 0.5) is 9.18 Å². The Morgan fingerprint density at radius 2 is 2.07 bits per heavy atom. The molecule has 80 valence electrons. The summed E-state index contributed by atoms with van der Waals surface area (Å²) in [4.78, 5) is 11.2. The van der Waals surface area contributed by atoms with Crippen LogP contribution in [0.15, 0.2) is 29.2 Å². The quantitative estimate of drug-likeness (QED) is 0.753. The molecule has 6 heteroatoms. The van der Waals surface area contributed by atoms with Gasteiger partial charge in [0.05, 0.1) is 0 Å². The van der Waals surface area contributed by atoms with E-state index >= 15 is 0 Å². The van der Waals surface area contributed by atoms with Crippen LogP contribution in [0.1, 0.15) is 0 Å². The van der Waals surface area contributed by atoms with Crippen LogP contribution in [-0.2, 0) is 9.47 Å². The van der Waals surface area contributed by atoms with Gasteiger partial charge in [-0.15, -0.1) is 0 Å². The Morgan fingerprint density at radius 1 is 1.40 bits per heavy atom. The van der Waals surface area contributed by atoms with Gasteiger partial charge in [-0.05, 0) is 36.0 Å². The summed E-state index contributed by atoms with van der Waals surface area (Å²) in [5, 5.41) is -1.57. The molecule has 3 nitrogen and oxygen atoms in total. The Morgan fingerprint density at radius 3 is 2.60 bits per heavy atom. The number of benzene rings is 1. The third-order valence-electron chi connectivity index (χ3n) is 1.68. The molecule has 0 radical (unpaired) electrons. The summed E-state index contributed by atoms with van der Waals surface area (Å²) in [5.74, 6) is 0. The molecule has 1 saturated heterocycles. The van der Waals surface area contributed by atoms with Gasteiger partial charge in [-0.2, -0.15) is 4.39 Å². The van der Waals surface area contributed by atoms with Crippen molar-refractivity contribution in [2.75, 3.05) is 6.61 Å². The number of thioether (sulfide) groups is 1. The van der Waals surface area contributed by atoms with Crippen LogP contribution in [0.3, 0.4) is 0 Å². The maximum atomic E-state index is 13.7. The van der Waals surface area contributed by atoms with Crippen LogP contribution in [0, 0.1) is 0 Å². The first kappa shape index (κ1) is 10.6. The van der Waals surface area contributed by atoms with Crippen molar-refractivity contribution >= 4 is 29.5 Å². The Hall–Kier alpha value is -0.940. The lowest BCUT2D eigenvalue weighted by molar-refractivity contribution is 0.0260. The second-order valence-electron chi connectivity index (χ2n) is 2.86. The summed E-state index contributed by atoms with van der Waals surface area (Å²) >= 11 is 6.45. The summed E-state index contributed by atoms with van der Waals surface area (Å²) in [6, 6.07) is 6.54. The Balaban J connectivity index is 2.08. The topological polar surface area (TPSA) is 35.5 Å². The van der Waals surface area contributed by atoms with Crippen molar-refractivity contribution in [1.82, 2.24) is 0 Å². The molecule has 0 N–H and O–H groups in total. The lowest BCUT2D eigenvalue weighted by Gasteiger charge is -2.13. The van der Waals surface area contributed by atoms with E-state index in [4.69, 9.17) is 11.6 Å². The minimum absolute atomic E-state index is 0.404. The molecule has 2 rings (SSSR count). The lowest BCUT2D eigenvalue weighted by Crippen LogP contribution is -2.20. The lowest BCUT2D eigenvalue weighted by atomic mass is 10.4. The number of cyclic esters (lactones) is 2. The van der Waals surface area contributed by atoms with E-state index in [0.29, 0.717) is 9.92 Å². The highest BCUT2D eigenvalue weighted by Crippen LogP contribution is 2.39. The van der Waals surface area contributed by atoms with E-state index in [-0.39, 0.29) is 0 Å². The molecule has 1 fully saturated rings. The van der Waals surface area contributed by atoms with Crippen molar-refractivity contribution in [3.8, 4) is 0 Å². The zero-order valence-corrected chi connectivity index (χ0v) is 8.98. The fourth-order valence-electron chi connectivity index (χ4n) is 1.06. The SMILES string of the molecule is O=C1OCC(F)(Sc2ccc(Cl)cc2)O1. The summed E-state index contributed by atoms with van der Waals surface area (Å²) < 4.78 is 22.5. The number of halogens is 2. The second-order valence-corrected chi connectivity index (χ2v) is 4.58. The molecule has 1 aromatic carbocycles. The van der Waals surface area contributed by atoms with Gasteiger partial charge in [0.25, 0.3) is 0 Å². The number of hydrogen-bond donors (Lipinski definition) is 0. The fraction of sp³-hybridized carbons (Fsp3) is 0.222. The first-order valence-electron chi connectivity index (χ1n) is 4.07. The number of carbonyl (C=O) groups is 1. The van der Waals surface area contributed by atoms with Crippen molar-refractivity contribution in [2.24, 2.45) is 0 Å². The molecule has 1 aliphatic rings. The zero-order valence-electron chi connectivity index (χ0n) is 7.41. The molecule has 0 saturated carbocycles. The predicted octanol–water partition coefficient (Wildman–Crippen LogP) is 3.22.